The van der Waals surface area contributed by atoms with E-state index in [2.05, 4.69) is 15.1 Å². The maximum Gasteiger partial charge on any atom is 0.163 e. The highest BCUT2D eigenvalue weighted by molar-refractivity contribution is 6.33. The second-order valence-electron chi connectivity index (χ2n) is 4.81. The highest BCUT2D eigenvalue weighted by atomic mass is 35.5. The van der Waals surface area contributed by atoms with Gasteiger partial charge in [0.2, 0.25) is 0 Å². The number of aliphatic hydroxyl groups excluding tert-OH is 1. The Hall–Kier alpha value is -1.20. The first-order chi connectivity index (χ1) is 8.66. The summed E-state index contributed by atoms with van der Waals surface area (Å²) in [6.07, 6.45) is 5.27. The molecule has 1 aliphatic rings. The molecule has 2 aromatic rings. The van der Waals surface area contributed by atoms with Gasteiger partial charge in [0, 0.05) is 0 Å². The van der Waals surface area contributed by atoms with Crippen LogP contribution in [0.25, 0.3) is 11.0 Å². The number of nitrogens with zero attached hydrogens (tertiary/aromatic N) is 4. The molecule has 0 bridgehead atoms. The first-order valence-corrected chi connectivity index (χ1v) is 6.60. The predicted molar refractivity (Wildman–Crippen MR) is 68.6 cm³/mol. The molecule has 3 rings (SSSR count). The Kier molecular flexibility index (Phi) is 2.95. The van der Waals surface area contributed by atoms with Crippen LogP contribution in [0, 0.1) is 6.92 Å². The second kappa shape index (κ2) is 4.48. The Balaban J connectivity index is 2.11. The largest absolute Gasteiger partial charge is 0.391 e. The number of aryl methyl sites for hydroxylation is 1. The van der Waals surface area contributed by atoms with Gasteiger partial charge < -0.3 is 5.11 Å². The number of hydrogen-bond acceptors (Lipinski definition) is 4. The van der Waals surface area contributed by atoms with Crippen molar-refractivity contribution in [3.8, 4) is 0 Å². The Morgan fingerprint density at radius 2 is 2.11 bits per heavy atom. The number of aliphatic hydroxyl groups is 1. The third-order valence-electron chi connectivity index (χ3n) is 3.53. The number of hydrogen-bond donors (Lipinski definition) is 1. The van der Waals surface area contributed by atoms with E-state index in [4.69, 9.17) is 11.6 Å². The molecule has 2 unspecified atom stereocenters. The van der Waals surface area contributed by atoms with Crippen molar-refractivity contribution in [3.05, 3.63) is 17.2 Å². The molecule has 2 aromatic heterocycles. The van der Waals surface area contributed by atoms with Crippen LogP contribution in [0.4, 0.5) is 0 Å². The zero-order chi connectivity index (χ0) is 12.7. The van der Waals surface area contributed by atoms with Gasteiger partial charge in [-0.15, -0.1) is 0 Å². The molecule has 0 saturated heterocycles. The minimum Gasteiger partial charge on any atom is -0.391 e. The molecule has 0 aliphatic heterocycles. The van der Waals surface area contributed by atoms with Crippen LogP contribution in [0.3, 0.4) is 0 Å². The van der Waals surface area contributed by atoms with E-state index >= 15 is 0 Å². The summed E-state index contributed by atoms with van der Waals surface area (Å²) in [5.74, 6) is 0.625. The van der Waals surface area contributed by atoms with Crippen LogP contribution < -0.4 is 0 Å². The van der Waals surface area contributed by atoms with Crippen molar-refractivity contribution in [1.82, 2.24) is 19.7 Å². The summed E-state index contributed by atoms with van der Waals surface area (Å²) in [5.41, 5.74) is 0.721. The Morgan fingerprint density at radius 3 is 2.89 bits per heavy atom. The van der Waals surface area contributed by atoms with Crippen molar-refractivity contribution in [2.75, 3.05) is 0 Å². The molecule has 0 aromatic carbocycles. The molecule has 0 radical (unpaired) electrons. The van der Waals surface area contributed by atoms with Gasteiger partial charge in [-0.3, -0.25) is 0 Å². The molecule has 2 atom stereocenters. The summed E-state index contributed by atoms with van der Waals surface area (Å²) in [6, 6.07) is 0.00150. The number of aromatic nitrogens is 4. The zero-order valence-corrected chi connectivity index (χ0v) is 10.9. The molecule has 18 heavy (non-hydrogen) atoms. The van der Waals surface area contributed by atoms with Crippen molar-refractivity contribution in [2.24, 2.45) is 0 Å². The number of halogens is 1. The summed E-state index contributed by atoms with van der Waals surface area (Å²) in [6.45, 7) is 1.81. The lowest BCUT2D eigenvalue weighted by molar-refractivity contribution is 0.0713. The van der Waals surface area contributed by atoms with Gasteiger partial charge in [-0.05, 0) is 19.8 Å². The topological polar surface area (TPSA) is 63.8 Å². The van der Waals surface area contributed by atoms with Crippen molar-refractivity contribution in [2.45, 2.75) is 44.8 Å². The van der Waals surface area contributed by atoms with Crippen LogP contribution in [0.5, 0.6) is 0 Å². The highest BCUT2D eigenvalue weighted by Crippen LogP contribution is 2.31. The van der Waals surface area contributed by atoms with Gasteiger partial charge in [-0.25, -0.2) is 14.6 Å². The van der Waals surface area contributed by atoms with E-state index in [9.17, 15) is 5.11 Å². The number of rotatable bonds is 1. The van der Waals surface area contributed by atoms with Gasteiger partial charge in [-0.1, -0.05) is 24.4 Å². The maximum atomic E-state index is 10.1. The van der Waals surface area contributed by atoms with E-state index in [1.165, 1.54) is 0 Å². The molecular formula is C12H15ClN4O. The fourth-order valence-corrected chi connectivity index (χ4v) is 2.87. The minimum atomic E-state index is -0.351. The van der Waals surface area contributed by atoms with E-state index in [0.717, 1.165) is 36.7 Å². The maximum absolute atomic E-state index is 10.1. The zero-order valence-electron chi connectivity index (χ0n) is 10.2. The monoisotopic (exact) mass is 266 g/mol. The fraction of sp³-hybridized carbons (Fsp3) is 0.583. The summed E-state index contributed by atoms with van der Waals surface area (Å²) in [7, 11) is 0. The first-order valence-electron chi connectivity index (χ1n) is 6.22. The Labute approximate surface area is 110 Å². The summed E-state index contributed by atoms with van der Waals surface area (Å²) >= 11 is 6.08. The van der Waals surface area contributed by atoms with Gasteiger partial charge in [0.25, 0.3) is 0 Å². The van der Waals surface area contributed by atoms with Crippen LogP contribution in [-0.2, 0) is 0 Å². The van der Waals surface area contributed by atoms with E-state index < -0.39 is 0 Å². The molecule has 1 fully saturated rings. The van der Waals surface area contributed by atoms with Crippen LogP contribution in [0.2, 0.25) is 5.15 Å². The minimum absolute atomic E-state index is 0.00150. The highest BCUT2D eigenvalue weighted by Gasteiger charge is 2.27. The summed E-state index contributed by atoms with van der Waals surface area (Å²) in [4.78, 5) is 8.52. The Morgan fingerprint density at radius 1 is 1.33 bits per heavy atom. The van der Waals surface area contributed by atoms with E-state index in [1.54, 1.807) is 17.8 Å². The average Bonchev–Trinajstić information content (AvgIpc) is 2.73. The number of fused-ring (bicyclic) bond motifs is 1. The van der Waals surface area contributed by atoms with E-state index in [0.29, 0.717) is 11.0 Å². The van der Waals surface area contributed by atoms with Gasteiger partial charge in [-0.2, -0.15) is 5.10 Å². The molecule has 1 aliphatic carbocycles. The van der Waals surface area contributed by atoms with Crippen molar-refractivity contribution in [3.63, 3.8) is 0 Å². The molecule has 0 amide bonds. The summed E-state index contributed by atoms with van der Waals surface area (Å²) < 4.78 is 1.81. The Bertz CT molecular complexity index is 583. The smallest absolute Gasteiger partial charge is 0.163 e. The lowest BCUT2D eigenvalue weighted by Gasteiger charge is -2.27. The average molecular weight is 267 g/mol. The van der Waals surface area contributed by atoms with Crippen molar-refractivity contribution < 1.29 is 5.11 Å². The third kappa shape index (κ3) is 1.87. The molecule has 6 heteroatoms. The van der Waals surface area contributed by atoms with Crippen molar-refractivity contribution >= 4 is 22.6 Å². The molecule has 1 saturated carbocycles. The molecule has 1 N–H and O–H groups in total. The molecule has 96 valence electrons. The fourth-order valence-electron chi connectivity index (χ4n) is 2.61. The van der Waals surface area contributed by atoms with E-state index in [-0.39, 0.29) is 12.1 Å². The second-order valence-corrected chi connectivity index (χ2v) is 5.17. The predicted octanol–water partition coefficient (Wildman–Crippen LogP) is 2.26. The normalized spacial score (nSPS) is 24.6. The standard InChI is InChI=1S/C12H15ClN4O/c1-7-15-11(13)8-6-14-17(12(8)16-7)9-4-2-3-5-10(9)18/h6,9-10,18H,2-5H2,1H3. The van der Waals surface area contributed by atoms with Gasteiger partial charge in [0.05, 0.1) is 23.7 Å². The molecule has 2 heterocycles. The first kappa shape index (κ1) is 11.9. The van der Waals surface area contributed by atoms with Crippen LogP contribution in [-0.4, -0.2) is 31.0 Å². The van der Waals surface area contributed by atoms with Crippen LogP contribution >= 0.6 is 11.6 Å². The van der Waals surface area contributed by atoms with Crippen LogP contribution in [0.1, 0.15) is 37.5 Å². The van der Waals surface area contributed by atoms with Gasteiger partial charge >= 0.3 is 0 Å². The summed E-state index contributed by atoms with van der Waals surface area (Å²) in [5, 5.41) is 15.6. The van der Waals surface area contributed by atoms with Crippen LogP contribution in [0.15, 0.2) is 6.20 Å². The molecule has 5 nitrogen and oxygen atoms in total. The molecular weight excluding hydrogens is 252 g/mol. The van der Waals surface area contributed by atoms with Crippen molar-refractivity contribution in [1.29, 1.82) is 0 Å². The van der Waals surface area contributed by atoms with Gasteiger partial charge in [0.1, 0.15) is 11.0 Å². The lowest BCUT2D eigenvalue weighted by atomic mass is 9.93. The lowest BCUT2D eigenvalue weighted by Crippen LogP contribution is -2.28. The van der Waals surface area contributed by atoms with E-state index in [1.807, 2.05) is 0 Å². The third-order valence-corrected chi connectivity index (χ3v) is 3.82. The van der Waals surface area contributed by atoms with Gasteiger partial charge in [0.15, 0.2) is 5.65 Å². The SMILES string of the molecule is Cc1nc(Cl)c2cnn(C3CCCCC3O)c2n1. The molecule has 0 spiro atoms. The quantitative estimate of drug-likeness (QED) is 0.804.